The second-order valence-electron chi connectivity index (χ2n) is 7.00. The molecule has 0 N–H and O–H groups in total. The van der Waals surface area contributed by atoms with Gasteiger partial charge in [0.1, 0.15) is 12.1 Å². The van der Waals surface area contributed by atoms with Crippen LogP contribution in [0.4, 0.5) is 4.79 Å². The minimum absolute atomic E-state index is 0.00444. The second kappa shape index (κ2) is 11.7. The largest absolute Gasteiger partial charge is 0.493 e. The molecule has 174 valence electrons. The van der Waals surface area contributed by atoms with E-state index in [9.17, 15) is 9.59 Å². The molecular formula is C24H31NO6S. The monoisotopic (exact) mass is 461 g/mol. The first-order chi connectivity index (χ1) is 15.4. The Bertz CT molecular complexity index is 895. The fraction of sp³-hybridized carbons (Fsp3) is 0.417. The number of rotatable bonds is 10. The Hall–Kier alpha value is -2.87. The van der Waals surface area contributed by atoms with E-state index in [0.29, 0.717) is 29.4 Å². The molecule has 2 rings (SSSR count). The minimum Gasteiger partial charge on any atom is -0.493 e. The van der Waals surface area contributed by atoms with Gasteiger partial charge in [0.05, 0.1) is 26.9 Å². The molecule has 0 fully saturated rings. The number of nitrogens with zero attached hydrogens (tertiary/aromatic N) is 1. The fourth-order valence-electron chi connectivity index (χ4n) is 3.53. The van der Waals surface area contributed by atoms with Crippen molar-refractivity contribution in [3.05, 3.63) is 53.6 Å². The Morgan fingerprint density at radius 1 is 0.969 bits per heavy atom. The molecule has 0 aliphatic carbocycles. The van der Waals surface area contributed by atoms with E-state index in [1.165, 1.54) is 33.1 Å². The average molecular weight is 462 g/mol. The van der Waals surface area contributed by atoms with Crippen molar-refractivity contribution in [2.45, 2.75) is 25.8 Å². The van der Waals surface area contributed by atoms with Crippen LogP contribution in [0.15, 0.2) is 42.5 Å². The van der Waals surface area contributed by atoms with E-state index in [4.69, 9.17) is 18.9 Å². The summed E-state index contributed by atoms with van der Waals surface area (Å²) in [6.45, 7) is 3.90. The third kappa shape index (κ3) is 5.30. The lowest BCUT2D eigenvalue weighted by Gasteiger charge is -2.41. The summed E-state index contributed by atoms with van der Waals surface area (Å²) < 4.78 is 21.7. The van der Waals surface area contributed by atoms with Gasteiger partial charge in [0.2, 0.25) is 5.75 Å². The summed E-state index contributed by atoms with van der Waals surface area (Å²) in [5.74, 6) is 1.20. The number of carbonyl (C=O) groups is 2. The zero-order valence-corrected chi connectivity index (χ0v) is 20.3. The second-order valence-corrected chi connectivity index (χ2v) is 8.21. The van der Waals surface area contributed by atoms with E-state index in [-0.39, 0.29) is 17.4 Å². The maximum Gasteiger partial charge on any atom is 0.338 e. The SMILES string of the molecule is CCSC(=O)N(C)[C@](CC)(COC(=O)c1cc(OC)c(OC)c(OC)c1)c1ccccc1. The molecule has 8 heteroatoms. The van der Waals surface area contributed by atoms with Gasteiger partial charge < -0.3 is 23.8 Å². The van der Waals surface area contributed by atoms with Crippen molar-refractivity contribution < 1.29 is 28.5 Å². The molecule has 2 aromatic rings. The number of carbonyl (C=O) groups excluding carboxylic acids is 2. The van der Waals surface area contributed by atoms with Gasteiger partial charge in [0.15, 0.2) is 11.5 Å². The lowest BCUT2D eigenvalue weighted by molar-refractivity contribution is 0.0179. The molecule has 32 heavy (non-hydrogen) atoms. The van der Waals surface area contributed by atoms with Crippen LogP contribution in [0.1, 0.15) is 36.2 Å². The molecule has 2 aromatic carbocycles. The highest BCUT2D eigenvalue weighted by atomic mass is 32.2. The Balaban J connectivity index is 2.39. The van der Waals surface area contributed by atoms with Crippen LogP contribution in [0, 0.1) is 0 Å². The van der Waals surface area contributed by atoms with E-state index < -0.39 is 11.5 Å². The molecule has 0 aliphatic rings. The summed E-state index contributed by atoms with van der Waals surface area (Å²) in [6, 6.07) is 12.7. The molecule has 0 spiro atoms. The summed E-state index contributed by atoms with van der Waals surface area (Å²) >= 11 is 1.22. The molecular weight excluding hydrogens is 430 g/mol. The molecule has 1 amide bonds. The van der Waals surface area contributed by atoms with Gasteiger partial charge in [-0.3, -0.25) is 4.79 Å². The standard InChI is InChI=1S/C24H31NO6S/c1-7-24(18-12-10-9-11-13-18,25(3)23(27)32-8-2)16-31-22(26)17-14-19(28-4)21(30-6)20(15-17)29-5/h9-15H,7-8,16H2,1-6H3/t24-/m1/s1. The third-order valence-corrected chi connectivity index (χ3v) is 6.23. The van der Waals surface area contributed by atoms with Crippen LogP contribution < -0.4 is 14.2 Å². The third-order valence-electron chi connectivity index (χ3n) is 5.42. The van der Waals surface area contributed by atoms with Crippen molar-refractivity contribution in [2.24, 2.45) is 0 Å². The first kappa shape index (κ1) is 25.4. The van der Waals surface area contributed by atoms with Gasteiger partial charge in [-0.15, -0.1) is 0 Å². The van der Waals surface area contributed by atoms with Crippen LogP contribution in [0.3, 0.4) is 0 Å². The lowest BCUT2D eigenvalue weighted by Crippen LogP contribution is -2.49. The summed E-state index contributed by atoms with van der Waals surface area (Å²) in [6.07, 6.45) is 0.562. The van der Waals surface area contributed by atoms with E-state index in [1.807, 2.05) is 44.2 Å². The molecule has 0 radical (unpaired) electrons. The average Bonchev–Trinajstić information content (AvgIpc) is 2.84. The maximum atomic E-state index is 13.0. The van der Waals surface area contributed by atoms with E-state index in [2.05, 4.69) is 0 Å². The molecule has 0 bridgehead atoms. The van der Waals surface area contributed by atoms with Crippen LogP contribution in [-0.2, 0) is 10.3 Å². The Morgan fingerprint density at radius 2 is 1.56 bits per heavy atom. The van der Waals surface area contributed by atoms with Gasteiger partial charge in [-0.05, 0) is 29.9 Å². The summed E-state index contributed by atoms with van der Waals surface area (Å²) in [5.41, 5.74) is 0.346. The highest BCUT2D eigenvalue weighted by molar-refractivity contribution is 8.13. The quantitative estimate of drug-likeness (QED) is 0.462. The Morgan fingerprint density at radius 3 is 2.03 bits per heavy atom. The molecule has 0 saturated heterocycles. The number of hydrogen-bond acceptors (Lipinski definition) is 7. The first-order valence-corrected chi connectivity index (χ1v) is 11.3. The number of esters is 1. The van der Waals surface area contributed by atoms with Crippen molar-refractivity contribution >= 4 is 23.0 Å². The highest BCUT2D eigenvalue weighted by Crippen LogP contribution is 2.39. The molecule has 0 heterocycles. The summed E-state index contributed by atoms with van der Waals surface area (Å²) in [4.78, 5) is 27.5. The maximum absolute atomic E-state index is 13.0. The highest BCUT2D eigenvalue weighted by Gasteiger charge is 2.39. The zero-order chi connectivity index (χ0) is 23.7. The molecule has 0 unspecified atom stereocenters. The molecule has 0 aliphatic heterocycles. The van der Waals surface area contributed by atoms with Crippen LogP contribution in [0.25, 0.3) is 0 Å². The smallest absolute Gasteiger partial charge is 0.338 e. The Kier molecular flexibility index (Phi) is 9.26. The van der Waals surface area contributed by atoms with Gasteiger partial charge in [-0.2, -0.15) is 0 Å². The van der Waals surface area contributed by atoms with Crippen LogP contribution in [0.5, 0.6) is 17.2 Å². The van der Waals surface area contributed by atoms with Gasteiger partial charge in [-0.25, -0.2) is 4.79 Å². The summed E-state index contributed by atoms with van der Waals surface area (Å²) in [7, 11) is 6.20. The number of hydrogen-bond donors (Lipinski definition) is 0. The van der Waals surface area contributed by atoms with Crippen molar-refractivity contribution in [3.63, 3.8) is 0 Å². The fourth-order valence-corrected chi connectivity index (χ4v) is 4.14. The minimum atomic E-state index is -0.809. The number of thioether (sulfide) groups is 1. The van der Waals surface area contributed by atoms with Gasteiger partial charge in [0.25, 0.3) is 5.24 Å². The summed E-state index contributed by atoms with van der Waals surface area (Å²) in [5, 5.41) is -0.0814. The molecule has 0 aromatic heterocycles. The zero-order valence-electron chi connectivity index (χ0n) is 19.5. The van der Waals surface area contributed by atoms with E-state index in [0.717, 1.165) is 5.56 Å². The predicted octanol–water partition coefficient (Wildman–Crippen LogP) is 4.98. The number of methoxy groups -OCH3 is 3. The first-order valence-electron chi connectivity index (χ1n) is 10.3. The molecule has 1 atom stereocenters. The van der Waals surface area contributed by atoms with Crippen LogP contribution >= 0.6 is 11.8 Å². The topological polar surface area (TPSA) is 74.3 Å². The van der Waals surface area contributed by atoms with Crippen molar-refractivity contribution in [1.29, 1.82) is 0 Å². The molecule has 0 saturated carbocycles. The normalized spacial score (nSPS) is 12.4. The van der Waals surface area contributed by atoms with Crippen molar-refractivity contribution in [2.75, 3.05) is 40.7 Å². The van der Waals surface area contributed by atoms with Gasteiger partial charge >= 0.3 is 5.97 Å². The van der Waals surface area contributed by atoms with E-state index >= 15 is 0 Å². The van der Waals surface area contributed by atoms with Crippen molar-refractivity contribution in [3.8, 4) is 17.2 Å². The lowest BCUT2D eigenvalue weighted by atomic mass is 9.86. The molecule has 7 nitrogen and oxygen atoms in total. The van der Waals surface area contributed by atoms with Crippen LogP contribution in [-0.4, -0.2) is 56.8 Å². The number of amides is 1. The number of ether oxygens (including phenoxy) is 4. The van der Waals surface area contributed by atoms with E-state index in [1.54, 1.807) is 24.1 Å². The van der Waals surface area contributed by atoms with Crippen molar-refractivity contribution in [1.82, 2.24) is 4.90 Å². The number of likely N-dealkylation sites (N-methyl/N-ethyl adjacent to an activating group) is 1. The Labute approximate surface area is 194 Å². The van der Waals surface area contributed by atoms with Crippen LogP contribution in [0.2, 0.25) is 0 Å². The number of benzene rings is 2. The predicted molar refractivity (Wildman–Crippen MR) is 126 cm³/mol. The van der Waals surface area contributed by atoms with Gasteiger partial charge in [0, 0.05) is 7.05 Å². The van der Waals surface area contributed by atoms with Gasteiger partial charge in [-0.1, -0.05) is 55.9 Å².